The van der Waals surface area contributed by atoms with Crippen LogP contribution in [0.3, 0.4) is 0 Å². The quantitative estimate of drug-likeness (QED) is 0.753. The zero-order valence-electron chi connectivity index (χ0n) is 8.23. The Morgan fingerprint density at radius 3 is 2.59 bits per heavy atom. The van der Waals surface area contributed by atoms with Gasteiger partial charge in [-0.2, -0.15) is 13.2 Å². The first-order valence-electron chi connectivity index (χ1n) is 4.48. The molecule has 0 aliphatic rings. The maximum atomic E-state index is 12.7. The molecule has 1 aromatic heterocycles. The summed E-state index contributed by atoms with van der Waals surface area (Å²) >= 11 is 0. The number of nitroso groups, excluding NO2 is 1. The van der Waals surface area contributed by atoms with E-state index in [1.165, 1.54) is 18.2 Å². The lowest BCUT2D eigenvalue weighted by atomic mass is 10.0. The van der Waals surface area contributed by atoms with Crippen LogP contribution in [0, 0.1) is 4.91 Å². The summed E-state index contributed by atoms with van der Waals surface area (Å²) in [7, 11) is 0. The summed E-state index contributed by atoms with van der Waals surface area (Å²) in [5.41, 5.74) is -1.60. The van der Waals surface area contributed by atoms with E-state index >= 15 is 0 Å². The van der Waals surface area contributed by atoms with Crippen LogP contribution in [0.2, 0.25) is 0 Å². The van der Waals surface area contributed by atoms with Crippen LogP contribution in [0.5, 0.6) is 0 Å². The van der Waals surface area contributed by atoms with Crippen molar-refractivity contribution in [2.45, 2.75) is 6.18 Å². The zero-order chi connectivity index (χ0) is 12.5. The molecule has 7 heteroatoms. The predicted molar refractivity (Wildman–Crippen MR) is 52.4 cm³/mol. The highest BCUT2D eigenvalue weighted by atomic mass is 19.4. The molecule has 0 saturated heterocycles. The maximum absolute atomic E-state index is 12.7. The maximum Gasteiger partial charge on any atom is 0.417 e. The predicted octanol–water partition coefficient (Wildman–Crippen LogP) is 3.76. The van der Waals surface area contributed by atoms with Crippen molar-refractivity contribution in [2.24, 2.45) is 5.18 Å². The number of hydrogen-bond acceptors (Lipinski definition) is 4. The number of nitrogens with zero attached hydrogens (tertiary/aromatic N) is 2. The van der Waals surface area contributed by atoms with E-state index in [2.05, 4.69) is 14.9 Å². The molecule has 2 rings (SSSR count). The summed E-state index contributed by atoms with van der Waals surface area (Å²) in [6, 6.07) is 4.77. The van der Waals surface area contributed by atoms with E-state index in [1.807, 2.05) is 0 Å². The van der Waals surface area contributed by atoms with Gasteiger partial charge in [-0.3, -0.25) is 0 Å². The normalized spacial score (nSPS) is 11.5. The molecule has 0 fully saturated rings. The molecule has 0 unspecified atom stereocenters. The van der Waals surface area contributed by atoms with Crippen LogP contribution in [0.4, 0.5) is 18.9 Å². The Balaban J connectivity index is 2.64. The van der Waals surface area contributed by atoms with Crippen LogP contribution in [0.15, 0.2) is 40.2 Å². The van der Waals surface area contributed by atoms with Gasteiger partial charge in [-0.05, 0) is 11.2 Å². The molecule has 88 valence electrons. The smallest absolute Gasteiger partial charge is 0.362 e. The van der Waals surface area contributed by atoms with Gasteiger partial charge in [0.25, 0.3) is 0 Å². The summed E-state index contributed by atoms with van der Waals surface area (Å²) in [5.74, 6) is 0. The molecule has 0 aliphatic heterocycles. The number of benzene rings is 1. The van der Waals surface area contributed by atoms with Crippen molar-refractivity contribution in [3.8, 4) is 11.3 Å². The van der Waals surface area contributed by atoms with Gasteiger partial charge in [-0.15, -0.1) is 4.91 Å². The largest absolute Gasteiger partial charge is 0.417 e. The van der Waals surface area contributed by atoms with E-state index in [9.17, 15) is 18.1 Å². The fourth-order valence-electron chi connectivity index (χ4n) is 1.42. The minimum Gasteiger partial charge on any atom is -0.362 e. The fourth-order valence-corrected chi connectivity index (χ4v) is 1.42. The summed E-state index contributed by atoms with van der Waals surface area (Å²) in [5, 5.41) is 5.92. The van der Waals surface area contributed by atoms with E-state index in [-0.39, 0.29) is 16.9 Å². The molecule has 0 N–H and O–H groups in total. The molecule has 0 aliphatic carbocycles. The van der Waals surface area contributed by atoms with E-state index in [1.54, 1.807) is 0 Å². The summed E-state index contributed by atoms with van der Waals surface area (Å²) in [4.78, 5) is 10.4. The Kier molecular flexibility index (Phi) is 2.66. The molecule has 0 saturated carbocycles. The van der Waals surface area contributed by atoms with Crippen molar-refractivity contribution >= 4 is 5.69 Å². The molecule has 2 aromatic rings. The second-order valence-corrected chi connectivity index (χ2v) is 3.18. The molecule has 4 nitrogen and oxygen atoms in total. The highest BCUT2D eigenvalue weighted by Gasteiger charge is 2.34. The fraction of sp³-hybridized carbons (Fsp3) is 0.100. The van der Waals surface area contributed by atoms with Gasteiger partial charge in [0.2, 0.25) is 0 Å². The standard InChI is InChI=1S/C10H5F3N2O2/c11-10(12,13)7-4-2-1-3-6(7)9-8(14-16)5-17-15-9/h1-5H. The Bertz CT molecular complexity index is 548. The van der Waals surface area contributed by atoms with Crippen LogP contribution in [0.25, 0.3) is 11.3 Å². The molecular formula is C10H5F3N2O2. The summed E-state index contributed by atoms with van der Waals surface area (Å²) < 4.78 is 42.6. The summed E-state index contributed by atoms with van der Waals surface area (Å²) in [6.45, 7) is 0. The first kappa shape index (κ1) is 11.3. The minimum absolute atomic E-state index is 0.215. The van der Waals surface area contributed by atoms with E-state index < -0.39 is 11.7 Å². The first-order chi connectivity index (χ1) is 8.04. The molecule has 0 bridgehead atoms. The third-order valence-corrected chi connectivity index (χ3v) is 2.14. The van der Waals surface area contributed by atoms with Crippen LogP contribution >= 0.6 is 0 Å². The highest BCUT2D eigenvalue weighted by molar-refractivity contribution is 5.73. The van der Waals surface area contributed by atoms with Crippen molar-refractivity contribution < 1.29 is 17.7 Å². The van der Waals surface area contributed by atoms with E-state index in [4.69, 9.17) is 0 Å². The first-order valence-corrected chi connectivity index (χ1v) is 4.48. The molecule has 1 aromatic carbocycles. The van der Waals surface area contributed by atoms with Crippen molar-refractivity contribution in [3.63, 3.8) is 0 Å². The number of rotatable bonds is 2. The Labute approximate surface area is 93.0 Å². The van der Waals surface area contributed by atoms with Crippen molar-refractivity contribution in [1.82, 2.24) is 5.16 Å². The lowest BCUT2D eigenvalue weighted by Crippen LogP contribution is -2.06. The number of aromatic nitrogens is 1. The Morgan fingerprint density at radius 2 is 1.94 bits per heavy atom. The van der Waals surface area contributed by atoms with Gasteiger partial charge in [-0.25, -0.2) is 0 Å². The third-order valence-electron chi connectivity index (χ3n) is 2.14. The zero-order valence-corrected chi connectivity index (χ0v) is 8.23. The van der Waals surface area contributed by atoms with Crippen LogP contribution in [-0.4, -0.2) is 5.16 Å². The molecule has 1 heterocycles. The van der Waals surface area contributed by atoms with E-state index in [0.29, 0.717) is 0 Å². The topological polar surface area (TPSA) is 55.5 Å². The number of alkyl halides is 3. The lowest BCUT2D eigenvalue weighted by molar-refractivity contribution is -0.137. The molecule has 0 atom stereocenters. The van der Waals surface area contributed by atoms with E-state index in [0.717, 1.165) is 12.3 Å². The Hall–Kier alpha value is -2.18. The van der Waals surface area contributed by atoms with Gasteiger partial charge in [-0.1, -0.05) is 23.4 Å². The summed E-state index contributed by atoms with van der Waals surface area (Å²) in [6.07, 6.45) is -3.63. The SMILES string of the molecule is O=Nc1conc1-c1ccccc1C(F)(F)F. The van der Waals surface area contributed by atoms with Crippen LogP contribution < -0.4 is 0 Å². The molecule has 17 heavy (non-hydrogen) atoms. The van der Waals surface area contributed by atoms with Crippen molar-refractivity contribution in [1.29, 1.82) is 0 Å². The molecular weight excluding hydrogens is 237 g/mol. The average molecular weight is 242 g/mol. The highest BCUT2D eigenvalue weighted by Crippen LogP contribution is 2.39. The van der Waals surface area contributed by atoms with Gasteiger partial charge in [0.15, 0.2) is 12.0 Å². The molecule has 0 amide bonds. The lowest BCUT2D eigenvalue weighted by Gasteiger charge is -2.10. The third kappa shape index (κ3) is 2.03. The van der Waals surface area contributed by atoms with Crippen molar-refractivity contribution in [2.75, 3.05) is 0 Å². The number of hydrogen-bond donors (Lipinski definition) is 0. The molecule has 0 radical (unpaired) electrons. The van der Waals surface area contributed by atoms with Gasteiger partial charge in [0.1, 0.15) is 5.69 Å². The van der Waals surface area contributed by atoms with Gasteiger partial charge >= 0.3 is 6.18 Å². The minimum atomic E-state index is -4.53. The molecule has 0 spiro atoms. The van der Waals surface area contributed by atoms with Gasteiger partial charge < -0.3 is 4.52 Å². The number of halogens is 3. The monoisotopic (exact) mass is 242 g/mol. The van der Waals surface area contributed by atoms with Crippen molar-refractivity contribution in [3.05, 3.63) is 41.0 Å². The second kappa shape index (κ2) is 4.00. The van der Waals surface area contributed by atoms with Crippen LogP contribution in [0.1, 0.15) is 5.56 Å². The van der Waals surface area contributed by atoms with Crippen LogP contribution in [-0.2, 0) is 6.18 Å². The average Bonchev–Trinajstić information content (AvgIpc) is 2.75. The Morgan fingerprint density at radius 1 is 1.24 bits per heavy atom. The van der Waals surface area contributed by atoms with Gasteiger partial charge in [0, 0.05) is 5.56 Å². The second-order valence-electron chi connectivity index (χ2n) is 3.18. The van der Waals surface area contributed by atoms with Gasteiger partial charge in [0.05, 0.1) is 5.56 Å².